The second-order valence-electron chi connectivity index (χ2n) is 5.37. The van der Waals surface area contributed by atoms with E-state index in [1.54, 1.807) is 19.2 Å². The molecule has 2 atom stereocenters. The van der Waals surface area contributed by atoms with Gasteiger partial charge < -0.3 is 4.74 Å². The van der Waals surface area contributed by atoms with Gasteiger partial charge in [0, 0.05) is 17.4 Å². The average molecular weight is 343 g/mol. The van der Waals surface area contributed by atoms with Gasteiger partial charge in [-0.15, -0.1) is 23.2 Å². The topological polar surface area (TPSA) is 9.23 Å². The standard InChI is InChI=1S/C17H14Cl2F2O/c1-22-13-8-6-11(7-9-13)15-14(17(15,18)19)10-2-4-12(5-3-10)16(20)21/h2-9,14-16H,1H3/t14-,15-/m1/s1. The normalized spacial score (nSPS) is 22.6. The molecule has 0 N–H and O–H groups in total. The highest BCUT2D eigenvalue weighted by molar-refractivity contribution is 6.52. The molecule has 1 aliphatic carbocycles. The maximum Gasteiger partial charge on any atom is 0.263 e. The summed E-state index contributed by atoms with van der Waals surface area (Å²) in [4.78, 5) is 0. The Morgan fingerprint density at radius 1 is 0.909 bits per heavy atom. The van der Waals surface area contributed by atoms with E-state index in [0.29, 0.717) is 0 Å². The van der Waals surface area contributed by atoms with Gasteiger partial charge in [0.1, 0.15) is 10.1 Å². The third-order valence-electron chi connectivity index (χ3n) is 4.08. The Balaban J connectivity index is 1.85. The van der Waals surface area contributed by atoms with Gasteiger partial charge in [-0.1, -0.05) is 36.4 Å². The van der Waals surface area contributed by atoms with Crippen molar-refractivity contribution in [3.63, 3.8) is 0 Å². The van der Waals surface area contributed by atoms with Crippen molar-refractivity contribution in [1.29, 1.82) is 0 Å². The smallest absolute Gasteiger partial charge is 0.263 e. The molecule has 3 rings (SSSR count). The lowest BCUT2D eigenvalue weighted by atomic mass is 10.0. The highest BCUT2D eigenvalue weighted by Crippen LogP contribution is 2.70. The molecule has 0 spiro atoms. The van der Waals surface area contributed by atoms with Gasteiger partial charge in [0.05, 0.1) is 7.11 Å². The SMILES string of the molecule is COc1ccc([C@@H]2[C@@H](c3ccc(C(F)F)cc3)C2(Cl)Cl)cc1. The van der Waals surface area contributed by atoms with Gasteiger partial charge in [-0.25, -0.2) is 8.78 Å². The van der Waals surface area contributed by atoms with E-state index < -0.39 is 10.8 Å². The molecule has 1 nitrogen and oxygen atoms in total. The molecular formula is C17H14Cl2F2O. The van der Waals surface area contributed by atoms with E-state index >= 15 is 0 Å². The van der Waals surface area contributed by atoms with E-state index in [2.05, 4.69) is 0 Å². The molecule has 0 radical (unpaired) electrons. The Morgan fingerprint density at radius 3 is 1.77 bits per heavy atom. The van der Waals surface area contributed by atoms with Crippen LogP contribution in [0.25, 0.3) is 0 Å². The first kappa shape index (κ1) is 15.6. The van der Waals surface area contributed by atoms with Crippen LogP contribution >= 0.6 is 23.2 Å². The van der Waals surface area contributed by atoms with E-state index in [1.807, 2.05) is 24.3 Å². The molecule has 1 saturated carbocycles. The van der Waals surface area contributed by atoms with Crippen molar-refractivity contribution in [2.45, 2.75) is 22.6 Å². The monoisotopic (exact) mass is 342 g/mol. The van der Waals surface area contributed by atoms with Gasteiger partial charge in [-0.05, 0) is 23.3 Å². The summed E-state index contributed by atoms with van der Waals surface area (Å²) in [7, 11) is 1.60. The Hall–Kier alpha value is -1.32. The second-order valence-corrected chi connectivity index (χ2v) is 6.81. The fourth-order valence-electron chi connectivity index (χ4n) is 2.82. The molecule has 0 saturated heterocycles. The summed E-state index contributed by atoms with van der Waals surface area (Å²) in [6.07, 6.45) is -2.47. The largest absolute Gasteiger partial charge is 0.497 e. The molecule has 1 fully saturated rings. The molecule has 2 aromatic carbocycles. The number of halogens is 4. The van der Waals surface area contributed by atoms with Crippen LogP contribution in [-0.4, -0.2) is 11.4 Å². The minimum atomic E-state index is -2.47. The second kappa shape index (κ2) is 5.71. The number of hydrogen-bond acceptors (Lipinski definition) is 1. The van der Waals surface area contributed by atoms with Crippen molar-refractivity contribution in [3.8, 4) is 5.75 Å². The molecule has 0 aliphatic heterocycles. The molecule has 0 heterocycles. The zero-order chi connectivity index (χ0) is 15.9. The molecule has 0 amide bonds. The van der Waals surface area contributed by atoms with E-state index in [1.165, 1.54) is 12.1 Å². The van der Waals surface area contributed by atoms with E-state index in [9.17, 15) is 8.78 Å². The number of hydrogen-bond donors (Lipinski definition) is 0. The summed E-state index contributed by atoms with van der Waals surface area (Å²) >= 11 is 12.8. The van der Waals surface area contributed by atoms with Gasteiger partial charge in [0.2, 0.25) is 0 Å². The maximum atomic E-state index is 12.6. The highest BCUT2D eigenvalue weighted by Gasteiger charge is 2.64. The van der Waals surface area contributed by atoms with Crippen molar-refractivity contribution >= 4 is 23.2 Å². The van der Waals surface area contributed by atoms with Crippen molar-refractivity contribution in [2.24, 2.45) is 0 Å². The molecule has 5 heteroatoms. The summed E-state index contributed by atoms with van der Waals surface area (Å²) in [6.45, 7) is 0. The molecule has 2 aromatic rings. The predicted octanol–water partition coefficient (Wildman–Crippen LogP) is 5.69. The zero-order valence-corrected chi connectivity index (χ0v) is 13.3. The predicted molar refractivity (Wildman–Crippen MR) is 84.3 cm³/mol. The number of benzene rings is 2. The van der Waals surface area contributed by atoms with Crippen LogP contribution < -0.4 is 4.74 Å². The number of methoxy groups -OCH3 is 1. The van der Waals surface area contributed by atoms with E-state index in [-0.39, 0.29) is 17.4 Å². The van der Waals surface area contributed by atoms with Crippen molar-refractivity contribution in [2.75, 3.05) is 7.11 Å². The van der Waals surface area contributed by atoms with Crippen LogP contribution in [0.2, 0.25) is 0 Å². The first-order chi connectivity index (χ1) is 10.4. The molecule has 0 aromatic heterocycles. The summed E-state index contributed by atoms with van der Waals surface area (Å²) in [5.74, 6) is 0.604. The lowest BCUT2D eigenvalue weighted by Crippen LogP contribution is -1.91. The van der Waals surface area contributed by atoms with Crippen LogP contribution in [0.4, 0.5) is 8.78 Å². The lowest BCUT2D eigenvalue weighted by molar-refractivity contribution is 0.151. The fraction of sp³-hybridized carbons (Fsp3) is 0.294. The van der Waals surface area contributed by atoms with Crippen molar-refractivity contribution < 1.29 is 13.5 Å². The fourth-order valence-corrected chi connectivity index (χ4v) is 3.70. The van der Waals surface area contributed by atoms with E-state index in [4.69, 9.17) is 27.9 Å². The van der Waals surface area contributed by atoms with Crippen LogP contribution in [0.3, 0.4) is 0 Å². The first-order valence-electron chi connectivity index (χ1n) is 6.85. The molecule has 0 bridgehead atoms. The summed E-state index contributed by atoms with van der Waals surface area (Å²) in [5.41, 5.74) is 1.88. The number of alkyl halides is 4. The quantitative estimate of drug-likeness (QED) is 0.648. The molecule has 0 unspecified atom stereocenters. The van der Waals surface area contributed by atoms with Gasteiger partial charge in [0.25, 0.3) is 6.43 Å². The Bertz CT molecular complexity index is 653. The Labute approximate surface area is 137 Å². The minimum Gasteiger partial charge on any atom is -0.497 e. The minimum absolute atomic E-state index is 0.000132. The van der Waals surface area contributed by atoms with E-state index in [0.717, 1.165) is 16.9 Å². The van der Waals surface area contributed by atoms with Gasteiger partial charge in [-0.3, -0.25) is 0 Å². The lowest BCUT2D eigenvalue weighted by Gasteiger charge is -2.04. The van der Waals surface area contributed by atoms with Crippen molar-refractivity contribution in [3.05, 3.63) is 65.2 Å². The Morgan fingerprint density at radius 2 is 1.36 bits per heavy atom. The van der Waals surface area contributed by atoms with Crippen molar-refractivity contribution in [1.82, 2.24) is 0 Å². The third kappa shape index (κ3) is 2.68. The molecular weight excluding hydrogens is 329 g/mol. The van der Waals surface area contributed by atoms with Gasteiger partial charge in [0.15, 0.2) is 0 Å². The van der Waals surface area contributed by atoms with Crippen LogP contribution in [0.5, 0.6) is 5.75 Å². The molecule has 1 aliphatic rings. The maximum absolute atomic E-state index is 12.6. The van der Waals surface area contributed by atoms with Gasteiger partial charge >= 0.3 is 0 Å². The average Bonchev–Trinajstić information content (AvgIpc) is 3.10. The third-order valence-corrected chi connectivity index (χ3v) is 5.02. The van der Waals surface area contributed by atoms with Gasteiger partial charge in [-0.2, -0.15) is 0 Å². The first-order valence-corrected chi connectivity index (χ1v) is 7.60. The highest BCUT2D eigenvalue weighted by atomic mass is 35.5. The zero-order valence-electron chi connectivity index (χ0n) is 11.8. The van der Waals surface area contributed by atoms with Crippen LogP contribution in [0.15, 0.2) is 48.5 Å². The summed E-state index contributed by atoms with van der Waals surface area (Å²) in [5, 5.41) is 0. The van der Waals surface area contributed by atoms with Crippen LogP contribution in [0.1, 0.15) is 35.0 Å². The number of rotatable bonds is 4. The Kier molecular flexibility index (Phi) is 4.04. The summed E-state index contributed by atoms with van der Waals surface area (Å²) < 4.78 is 29.4. The number of ether oxygens (including phenoxy) is 1. The summed E-state index contributed by atoms with van der Waals surface area (Å²) in [6, 6.07) is 13.8. The van der Waals surface area contributed by atoms with Crippen LogP contribution in [-0.2, 0) is 0 Å². The van der Waals surface area contributed by atoms with Crippen LogP contribution in [0, 0.1) is 0 Å². The molecule has 22 heavy (non-hydrogen) atoms. The molecule has 116 valence electrons.